The van der Waals surface area contributed by atoms with Crippen LogP contribution in [0.25, 0.3) is 0 Å². The maximum Gasteiger partial charge on any atom is 0.328 e. The van der Waals surface area contributed by atoms with Gasteiger partial charge in [-0.15, -0.1) is 0 Å². The first-order chi connectivity index (χ1) is 5.02. The van der Waals surface area contributed by atoms with E-state index >= 15 is 0 Å². The highest BCUT2D eigenvalue weighted by molar-refractivity contribution is 7.99. The van der Waals surface area contributed by atoms with E-state index < -0.39 is 0 Å². The second-order valence-corrected chi connectivity index (χ2v) is 4.30. The van der Waals surface area contributed by atoms with Crippen LogP contribution in [0.15, 0.2) is 0 Å². The number of hydrazine groups is 1. The van der Waals surface area contributed by atoms with E-state index in [4.69, 9.17) is 5.84 Å². The van der Waals surface area contributed by atoms with E-state index in [1.165, 1.54) is 0 Å². The van der Waals surface area contributed by atoms with Crippen molar-refractivity contribution in [1.82, 2.24) is 10.7 Å². The fourth-order valence-electron chi connectivity index (χ4n) is 0.416. The summed E-state index contributed by atoms with van der Waals surface area (Å²) in [6.07, 6.45) is 2.00. The maximum atomic E-state index is 10.6. The van der Waals surface area contributed by atoms with Crippen molar-refractivity contribution in [3.63, 3.8) is 0 Å². The number of hydrogen-bond donors (Lipinski definition) is 3. The Morgan fingerprint density at radius 3 is 2.55 bits per heavy atom. The molecule has 0 bridgehead atoms. The first kappa shape index (κ1) is 10.6. The average Bonchev–Trinajstić information content (AvgIpc) is 2.00. The van der Waals surface area contributed by atoms with Gasteiger partial charge in [0.25, 0.3) is 0 Å². The van der Waals surface area contributed by atoms with Crippen molar-refractivity contribution in [2.75, 3.05) is 12.8 Å². The van der Waals surface area contributed by atoms with Crippen molar-refractivity contribution in [1.29, 1.82) is 0 Å². The molecule has 4 N–H and O–H groups in total. The SMILES string of the molecule is CSC(C)(C)CNC(=O)NN. The van der Waals surface area contributed by atoms with Crippen LogP contribution in [-0.2, 0) is 0 Å². The number of nitrogens with one attached hydrogen (secondary N) is 2. The predicted octanol–water partition coefficient (Wildman–Crippen LogP) is 0.301. The highest BCUT2D eigenvalue weighted by atomic mass is 32.2. The quantitative estimate of drug-likeness (QED) is 0.330. The molecule has 4 nitrogen and oxygen atoms in total. The van der Waals surface area contributed by atoms with Gasteiger partial charge >= 0.3 is 6.03 Å². The molecule has 0 spiro atoms. The van der Waals surface area contributed by atoms with Gasteiger partial charge in [0, 0.05) is 11.3 Å². The van der Waals surface area contributed by atoms with Gasteiger partial charge in [-0.05, 0) is 20.1 Å². The number of hydrogen-bond acceptors (Lipinski definition) is 3. The van der Waals surface area contributed by atoms with Gasteiger partial charge in [-0.1, -0.05) is 0 Å². The molecule has 0 atom stereocenters. The molecule has 0 saturated heterocycles. The van der Waals surface area contributed by atoms with Crippen LogP contribution in [0.1, 0.15) is 13.8 Å². The number of urea groups is 1. The van der Waals surface area contributed by atoms with Gasteiger partial charge in [0.15, 0.2) is 0 Å². The number of rotatable bonds is 3. The minimum Gasteiger partial charge on any atom is -0.336 e. The second-order valence-electron chi connectivity index (χ2n) is 2.79. The number of carbonyl (C=O) groups excluding carboxylic acids is 1. The monoisotopic (exact) mass is 177 g/mol. The van der Waals surface area contributed by atoms with Crippen LogP contribution < -0.4 is 16.6 Å². The Hall–Kier alpha value is -0.420. The molecule has 0 unspecified atom stereocenters. The number of thioether (sulfide) groups is 1. The van der Waals surface area contributed by atoms with Crippen LogP contribution in [-0.4, -0.2) is 23.6 Å². The predicted molar refractivity (Wildman–Crippen MR) is 48.3 cm³/mol. The zero-order valence-electron chi connectivity index (χ0n) is 7.10. The normalized spacial score (nSPS) is 10.9. The van der Waals surface area contributed by atoms with Crippen molar-refractivity contribution >= 4 is 17.8 Å². The second kappa shape index (κ2) is 4.46. The van der Waals surface area contributed by atoms with Crippen molar-refractivity contribution in [2.45, 2.75) is 18.6 Å². The molecule has 0 rings (SSSR count). The van der Waals surface area contributed by atoms with Crippen molar-refractivity contribution < 1.29 is 4.79 Å². The van der Waals surface area contributed by atoms with E-state index in [1.807, 2.05) is 11.7 Å². The largest absolute Gasteiger partial charge is 0.336 e. The minimum absolute atomic E-state index is 0.0620. The molecule has 0 heterocycles. The lowest BCUT2D eigenvalue weighted by atomic mass is 10.2. The summed E-state index contributed by atoms with van der Waals surface area (Å²) in [5.41, 5.74) is 2.00. The molecule has 0 fully saturated rings. The van der Waals surface area contributed by atoms with Crippen LogP contribution >= 0.6 is 11.8 Å². The summed E-state index contributed by atoms with van der Waals surface area (Å²) in [5, 5.41) is 2.63. The molecule has 2 amide bonds. The molecular weight excluding hydrogens is 162 g/mol. The third-order valence-corrected chi connectivity index (χ3v) is 2.61. The summed E-state index contributed by atoms with van der Waals surface area (Å²) in [7, 11) is 0. The number of nitrogens with two attached hydrogens (primary N) is 1. The highest BCUT2D eigenvalue weighted by Crippen LogP contribution is 2.19. The lowest BCUT2D eigenvalue weighted by Crippen LogP contribution is -2.44. The molecule has 0 radical (unpaired) electrons. The Bertz CT molecular complexity index is 138. The van der Waals surface area contributed by atoms with E-state index in [2.05, 4.69) is 19.2 Å². The van der Waals surface area contributed by atoms with Gasteiger partial charge in [0.05, 0.1) is 0 Å². The Labute approximate surface area is 71.3 Å². The van der Waals surface area contributed by atoms with Gasteiger partial charge in [-0.3, -0.25) is 5.43 Å². The van der Waals surface area contributed by atoms with E-state index in [0.717, 1.165) is 0 Å². The van der Waals surface area contributed by atoms with E-state index in [1.54, 1.807) is 11.8 Å². The van der Waals surface area contributed by atoms with Crippen LogP contribution in [0.3, 0.4) is 0 Å². The first-order valence-electron chi connectivity index (χ1n) is 3.31. The van der Waals surface area contributed by atoms with Crippen LogP contribution in [0.2, 0.25) is 0 Å². The molecule has 0 saturated carbocycles. The van der Waals surface area contributed by atoms with Crippen LogP contribution in [0, 0.1) is 0 Å². The van der Waals surface area contributed by atoms with Crippen molar-refractivity contribution in [3.05, 3.63) is 0 Å². The lowest BCUT2D eigenvalue weighted by Gasteiger charge is -2.21. The molecular formula is C6H15N3OS. The Balaban J connectivity index is 3.61. The zero-order chi connectivity index (χ0) is 8.91. The standard InChI is InChI=1S/C6H15N3OS/c1-6(2,11-3)4-8-5(10)9-7/h4,7H2,1-3H3,(H2,8,9,10). The zero-order valence-corrected chi connectivity index (χ0v) is 7.92. The summed E-state index contributed by atoms with van der Waals surface area (Å²) < 4.78 is 0.0620. The summed E-state index contributed by atoms with van der Waals surface area (Å²) >= 11 is 1.70. The Kier molecular flexibility index (Phi) is 4.29. The van der Waals surface area contributed by atoms with Crippen LogP contribution in [0.5, 0.6) is 0 Å². The van der Waals surface area contributed by atoms with Gasteiger partial charge in [-0.25, -0.2) is 10.6 Å². The highest BCUT2D eigenvalue weighted by Gasteiger charge is 2.16. The summed E-state index contributed by atoms with van der Waals surface area (Å²) in [6.45, 7) is 4.71. The molecule has 0 aliphatic heterocycles. The minimum atomic E-state index is -0.341. The molecule has 0 aromatic carbocycles. The molecule has 66 valence electrons. The van der Waals surface area contributed by atoms with Gasteiger partial charge < -0.3 is 5.32 Å². The topological polar surface area (TPSA) is 67.2 Å². The molecule has 0 aliphatic carbocycles. The van der Waals surface area contributed by atoms with Gasteiger partial charge in [0.2, 0.25) is 0 Å². The lowest BCUT2D eigenvalue weighted by molar-refractivity contribution is 0.240. The summed E-state index contributed by atoms with van der Waals surface area (Å²) in [5.74, 6) is 4.87. The molecule has 11 heavy (non-hydrogen) atoms. The smallest absolute Gasteiger partial charge is 0.328 e. The summed E-state index contributed by atoms with van der Waals surface area (Å²) in [6, 6.07) is -0.341. The third kappa shape index (κ3) is 4.92. The molecule has 0 aromatic rings. The fraction of sp³-hybridized carbons (Fsp3) is 0.833. The van der Waals surface area contributed by atoms with E-state index in [0.29, 0.717) is 6.54 Å². The van der Waals surface area contributed by atoms with Crippen LogP contribution in [0.4, 0.5) is 4.79 Å². The average molecular weight is 177 g/mol. The van der Waals surface area contributed by atoms with E-state index in [-0.39, 0.29) is 10.8 Å². The molecule has 0 aromatic heterocycles. The van der Waals surface area contributed by atoms with Gasteiger partial charge in [-0.2, -0.15) is 11.8 Å². The maximum absolute atomic E-state index is 10.6. The first-order valence-corrected chi connectivity index (χ1v) is 4.54. The van der Waals surface area contributed by atoms with Crippen molar-refractivity contribution in [3.8, 4) is 0 Å². The summed E-state index contributed by atoms with van der Waals surface area (Å²) in [4.78, 5) is 10.6. The Morgan fingerprint density at radius 2 is 2.18 bits per heavy atom. The molecule has 5 heteroatoms. The molecule has 0 aliphatic rings. The third-order valence-electron chi connectivity index (χ3n) is 1.36. The van der Waals surface area contributed by atoms with Gasteiger partial charge in [0.1, 0.15) is 0 Å². The Morgan fingerprint density at radius 1 is 1.64 bits per heavy atom. The number of amides is 2. The van der Waals surface area contributed by atoms with Crippen molar-refractivity contribution in [2.24, 2.45) is 5.84 Å². The fourth-order valence-corrected chi connectivity index (χ4v) is 0.633. The number of carbonyl (C=O) groups is 1. The van der Waals surface area contributed by atoms with E-state index in [9.17, 15) is 4.79 Å².